The van der Waals surface area contributed by atoms with Crippen molar-refractivity contribution in [3.63, 3.8) is 0 Å². The van der Waals surface area contributed by atoms with Crippen LogP contribution in [-0.2, 0) is 9.47 Å². The van der Waals surface area contributed by atoms with Crippen LogP contribution in [-0.4, -0.2) is 45.7 Å². The molecule has 2 aromatic carbocycles. The third-order valence-corrected chi connectivity index (χ3v) is 4.59. The molecule has 7 nitrogen and oxygen atoms in total. The summed E-state index contributed by atoms with van der Waals surface area (Å²) in [6.07, 6.45) is 0.186. The highest BCUT2D eigenvalue weighted by atomic mass is 16.6. The molecule has 2 aliphatic heterocycles. The molecule has 0 N–H and O–H groups in total. The summed E-state index contributed by atoms with van der Waals surface area (Å²) in [5.41, 5.74) is 0.614. The third-order valence-electron chi connectivity index (χ3n) is 4.59. The maximum atomic E-state index is 13.1. The molecule has 1 aromatic heterocycles. The van der Waals surface area contributed by atoms with Crippen LogP contribution in [0.2, 0.25) is 0 Å². The first-order valence-electron chi connectivity index (χ1n) is 8.79. The second-order valence-corrected chi connectivity index (χ2v) is 6.60. The van der Waals surface area contributed by atoms with E-state index in [0.29, 0.717) is 65.6 Å². The molecular formula is C20H18O7. The zero-order valence-electron chi connectivity index (χ0n) is 14.7. The standard InChI is InChI=1S/C20H18O7/c1-22-15-4-2-3-14-19(21)18-16(26-10-13-9-25-13)5-11(23-7-12-8-24-12)6-17(18)27-20(14)15/h2-6,12-13H,7-10H2,1H3. The Morgan fingerprint density at radius 2 is 1.78 bits per heavy atom. The highest BCUT2D eigenvalue weighted by Gasteiger charge is 2.26. The molecule has 3 aromatic rings. The Hall–Kier alpha value is -2.77. The van der Waals surface area contributed by atoms with E-state index in [-0.39, 0.29) is 17.6 Å². The van der Waals surface area contributed by atoms with Crippen molar-refractivity contribution in [3.05, 3.63) is 40.6 Å². The van der Waals surface area contributed by atoms with E-state index >= 15 is 0 Å². The first kappa shape index (κ1) is 16.4. The van der Waals surface area contributed by atoms with E-state index in [1.54, 1.807) is 30.3 Å². The van der Waals surface area contributed by atoms with Crippen molar-refractivity contribution in [2.45, 2.75) is 12.2 Å². The van der Waals surface area contributed by atoms with E-state index in [4.69, 9.17) is 28.1 Å². The number of fused-ring (bicyclic) bond motifs is 2. The molecule has 0 bridgehead atoms. The predicted molar refractivity (Wildman–Crippen MR) is 97.0 cm³/mol. The lowest BCUT2D eigenvalue weighted by Crippen LogP contribution is -2.10. The van der Waals surface area contributed by atoms with Crippen LogP contribution in [0.4, 0.5) is 0 Å². The van der Waals surface area contributed by atoms with Crippen molar-refractivity contribution in [1.29, 1.82) is 0 Å². The molecule has 2 unspecified atom stereocenters. The van der Waals surface area contributed by atoms with Gasteiger partial charge in [0.05, 0.1) is 25.7 Å². The molecule has 2 atom stereocenters. The molecule has 2 fully saturated rings. The summed E-state index contributed by atoms with van der Waals surface area (Å²) < 4.78 is 33.4. The van der Waals surface area contributed by atoms with Crippen LogP contribution in [0.25, 0.3) is 21.9 Å². The SMILES string of the molecule is COc1cccc2c(=O)c3c(OCC4CO4)cc(OCC4CO4)cc3oc12. The maximum Gasteiger partial charge on any atom is 0.204 e. The Labute approximate surface area is 154 Å². The van der Waals surface area contributed by atoms with Crippen LogP contribution >= 0.6 is 0 Å². The lowest BCUT2D eigenvalue weighted by atomic mass is 10.1. The van der Waals surface area contributed by atoms with Crippen LogP contribution in [0.1, 0.15) is 0 Å². The predicted octanol–water partition coefficient (Wildman–Crippen LogP) is 2.51. The van der Waals surface area contributed by atoms with Crippen molar-refractivity contribution in [2.75, 3.05) is 33.5 Å². The summed E-state index contributed by atoms with van der Waals surface area (Å²) in [7, 11) is 1.54. The Balaban J connectivity index is 1.66. The van der Waals surface area contributed by atoms with E-state index < -0.39 is 0 Å². The summed E-state index contributed by atoms with van der Waals surface area (Å²) in [4.78, 5) is 13.1. The van der Waals surface area contributed by atoms with Crippen LogP contribution in [0.5, 0.6) is 17.2 Å². The van der Waals surface area contributed by atoms with E-state index in [1.165, 1.54) is 7.11 Å². The Kier molecular flexibility index (Phi) is 3.91. The summed E-state index contributed by atoms with van der Waals surface area (Å²) in [6, 6.07) is 8.65. The molecule has 0 saturated carbocycles. The minimum Gasteiger partial charge on any atom is -0.493 e. The van der Waals surface area contributed by atoms with Gasteiger partial charge in [-0.2, -0.15) is 0 Å². The van der Waals surface area contributed by atoms with Crippen molar-refractivity contribution in [2.24, 2.45) is 0 Å². The van der Waals surface area contributed by atoms with Crippen molar-refractivity contribution < 1.29 is 28.1 Å². The van der Waals surface area contributed by atoms with Gasteiger partial charge in [-0.1, -0.05) is 6.07 Å². The number of methoxy groups -OCH3 is 1. The average Bonchev–Trinajstić information content (AvgIpc) is 3.59. The number of rotatable bonds is 7. The monoisotopic (exact) mass is 370 g/mol. The minimum atomic E-state index is -0.172. The second-order valence-electron chi connectivity index (χ2n) is 6.60. The van der Waals surface area contributed by atoms with Crippen molar-refractivity contribution in [1.82, 2.24) is 0 Å². The second kappa shape index (κ2) is 6.44. The Morgan fingerprint density at radius 3 is 2.48 bits per heavy atom. The van der Waals surface area contributed by atoms with Crippen molar-refractivity contribution >= 4 is 21.9 Å². The zero-order chi connectivity index (χ0) is 18.4. The lowest BCUT2D eigenvalue weighted by Gasteiger charge is -2.12. The Bertz CT molecular complexity index is 1060. The lowest BCUT2D eigenvalue weighted by molar-refractivity contribution is 0.254. The highest BCUT2D eigenvalue weighted by Crippen LogP contribution is 2.34. The average molecular weight is 370 g/mol. The van der Waals surface area contributed by atoms with E-state index in [0.717, 1.165) is 0 Å². The van der Waals surface area contributed by atoms with Crippen LogP contribution in [0.3, 0.4) is 0 Å². The van der Waals surface area contributed by atoms with Gasteiger partial charge < -0.3 is 28.1 Å². The maximum absolute atomic E-state index is 13.1. The van der Waals surface area contributed by atoms with Gasteiger partial charge in [-0.3, -0.25) is 4.79 Å². The molecule has 140 valence electrons. The molecule has 5 rings (SSSR count). The minimum absolute atomic E-state index is 0.0667. The van der Waals surface area contributed by atoms with Crippen molar-refractivity contribution in [3.8, 4) is 17.2 Å². The highest BCUT2D eigenvalue weighted by molar-refractivity contribution is 5.95. The van der Waals surface area contributed by atoms with Gasteiger partial charge in [-0.05, 0) is 12.1 Å². The van der Waals surface area contributed by atoms with Gasteiger partial charge in [0.1, 0.15) is 47.9 Å². The topological polar surface area (TPSA) is 83.0 Å². The number of hydrogen-bond acceptors (Lipinski definition) is 7. The summed E-state index contributed by atoms with van der Waals surface area (Å²) in [5.74, 6) is 1.48. The van der Waals surface area contributed by atoms with Gasteiger partial charge in [-0.25, -0.2) is 0 Å². The summed E-state index contributed by atoms with van der Waals surface area (Å²) in [6.45, 7) is 2.19. The number of ether oxygens (including phenoxy) is 5. The molecule has 3 heterocycles. The fraction of sp³-hybridized carbons (Fsp3) is 0.350. The molecule has 0 aliphatic carbocycles. The fourth-order valence-electron chi connectivity index (χ4n) is 2.97. The number of benzene rings is 2. The number of epoxide rings is 2. The van der Waals surface area contributed by atoms with E-state index in [2.05, 4.69) is 0 Å². The number of para-hydroxylation sites is 1. The zero-order valence-corrected chi connectivity index (χ0v) is 14.7. The molecule has 27 heavy (non-hydrogen) atoms. The van der Waals surface area contributed by atoms with Gasteiger partial charge in [0.15, 0.2) is 11.3 Å². The molecular weight excluding hydrogens is 352 g/mol. The van der Waals surface area contributed by atoms with Gasteiger partial charge in [0.2, 0.25) is 5.43 Å². The molecule has 0 radical (unpaired) electrons. The van der Waals surface area contributed by atoms with Crippen LogP contribution in [0.15, 0.2) is 39.5 Å². The Morgan fingerprint density at radius 1 is 1.04 bits per heavy atom. The third kappa shape index (κ3) is 3.20. The molecule has 2 aliphatic rings. The quantitative estimate of drug-likeness (QED) is 0.467. The van der Waals surface area contributed by atoms with Gasteiger partial charge in [-0.15, -0.1) is 0 Å². The van der Waals surface area contributed by atoms with E-state index in [9.17, 15) is 4.79 Å². The smallest absolute Gasteiger partial charge is 0.204 e. The first-order chi connectivity index (χ1) is 13.2. The largest absolute Gasteiger partial charge is 0.493 e. The van der Waals surface area contributed by atoms with Gasteiger partial charge >= 0.3 is 0 Å². The van der Waals surface area contributed by atoms with E-state index in [1.807, 2.05) is 0 Å². The van der Waals surface area contributed by atoms with Crippen LogP contribution < -0.4 is 19.6 Å². The molecule has 0 spiro atoms. The summed E-state index contributed by atoms with van der Waals surface area (Å²) in [5, 5.41) is 0.820. The number of hydrogen-bond donors (Lipinski definition) is 0. The van der Waals surface area contributed by atoms with Gasteiger partial charge in [0.25, 0.3) is 0 Å². The molecule has 7 heteroatoms. The normalized spacial score (nSPS) is 20.6. The molecule has 2 saturated heterocycles. The first-order valence-corrected chi connectivity index (χ1v) is 8.79. The van der Waals surface area contributed by atoms with Crippen LogP contribution in [0, 0.1) is 0 Å². The summed E-state index contributed by atoms with van der Waals surface area (Å²) >= 11 is 0. The fourth-order valence-corrected chi connectivity index (χ4v) is 2.97. The molecule has 0 amide bonds. The van der Waals surface area contributed by atoms with Gasteiger partial charge in [0, 0.05) is 12.1 Å².